The quantitative estimate of drug-likeness (QED) is 0.621. The van der Waals surface area contributed by atoms with Gasteiger partial charge in [-0.15, -0.1) is 0 Å². The lowest BCUT2D eigenvalue weighted by Gasteiger charge is -2.35. The van der Waals surface area contributed by atoms with Crippen LogP contribution in [-0.2, 0) is 16.1 Å². The average molecular weight is 396 g/mol. The molecule has 0 aromatic heterocycles. The zero-order chi connectivity index (χ0) is 20.1. The minimum absolute atomic E-state index is 0.0966. The Balaban J connectivity index is 1.46. The number of rotatable bonds is 6. The Kier molecular flexibility index (Phi) is 6.60. The Hall–Kier alpha value is -2.20. The molecule has 2 atom stereocenters. The lowest BCUT2D eigenvalue weighted by molar-refractivity contribution is -0.154. The summed E-state index contributed by atoms with van der Waals surface area (Å²) in [5, 5.41) is 0. The van der Waals surface area contributed by atoms with Crippen molar-refractivity contribution in [2.24, 2.45) is 5.92 Å². The predicted octanol–water partition coefficient (Wildman–Crippen LogP) is 5.31. The van der Waals surface area contributed by atoms with E-state index in [9.17, 15) is 9.18 Å². The second-order valence-corrected chi connectivity index (χ2v) is 8.47. The van der Waals surface area contributed by atoms with Gasteiger partial charge in [0.05, 0.1) is 0 Å². The molecule has 154 valence electrons. The van der Waals surface area contributed by atoms with Crippen LogP contribution in [0.3, 0.4) is 0 Å². The number of ether oxygens (including phenoxy) is 1. The summed E-state index contributed by atoms with van der Waals surface area (Å²) >= 11 is 0. The molecular formula is C25H30FNO2. The molecule has 2 aromatic rings. The van der Waals surface area contributed by atoms with E-state index in [0.29, 0.717) is 12.5 Å². The van der Waals surface area contributed by atoms with Gasteiger partial charge in [-0.3, -0.25) is 9.69 Å². The number of halogens is 1. The summed E-state index contributed by atoms with van der Waals surface area (Å²) < 4.78 is 19.4. The van der Waals surface area contributed by atoms with Gasteiger partial charge < -0.3 is 4.74 Å². The van der Waals surface area contributed by atoms with Crippen LogP contribution in [0.2, 0.25) is 0 Å². The van der Waals surface area contributed by atoms with Crippen molar-refractivity contribution >= 4 is 5.97 Å². The Labute approximate surface area is 172 Å². The third-order valence-corrected chi connectivity index (χ3v) is 6.49. The lowest BCUT2D eigenvalue weighted by Crippen LogP contribution is -2.46. The van der Waals surface area contributed by atoms with Gasteiger partial charge in [0, 0.05) is 6.54 Å². The van der Waals surface area contributed by atoms with Crippen LogP contribution in [0.5, 0.6) is 0 Å². The van der Waals surface area contributed by atoms with Gasteiger partial charge in [0.1, 0.15) is 18.5 Å². The van der Waals surface area contributed by atoms with Crippen molar-refractivity contribution in [2.45, 2.75) is 57.1 Å². The molecule has 0 amide bonds. The highest BCUT2D eigenvalue weighted by Crippen LogP contribution is 2.35. The molecule has 2 fully saturated rings. The van der Waals surface area contributed by atoms with Crippen molar-refractivity contribution in [1.29, 1.82) is 0 Å². The van der Waals surface area contributed by atoms with Gasteiger partial charge in [-0.05, 0) is 60.9 Å². The van der Waals surface area contributed by atoms with Crippen molar-refractivity contribution in [3.8, 4) is 0 Å². The average Bonchev–Trinajstić information content (AvgIpc) is 3.24. The summed E-state index contributed by atoms with van der Waals surface area (Å²) in [4.78, 5) is 15.5. The number of likely N-dealkylation sites (tertiary alicyclic amines) is 1. The molecule has 29 heavy (non-hydrogen) atoms. The van der Waals surface area contributed by atoms with Gasteiger partial charge in [-0.25, -0.2) is 4.39 Å². The molecule has 0 spiro atoms. The molecule has 0 N–H and O–H groups in total. The highest BCUT2D eigenvalue weighted by molar-refractivity contribution is 5.76. The predicted molar refractivity (Wildman–Crippen MR) is 112 cm³/mol. The smallest absolute Gasteiger partial charge is 0.323 e. The van der Waals surface area contributed by atoms with Gasteiger partial charge >= 0.3 is 5.97 Å². The highest BCUT2D eigenvalue weighted by Gasteiger charge is 2.39. The maximum absolute atomic E-state index is 13.7. The number of carbonyl (C=O) groups is 1. The molecule has 1 unspecified atom stereocenters. The fourth-order valence-electron chi connectivity index (χ4n) is 4.98. The molecule has 1 heterocycles. The van der Waals surface area contributed by atoms with Crippen molar-refractivity contribution in [3.05, 3.63) is 71.5 Å². The maximum Gasteiger partial charge on any atom is 0.323 e. The molecule has 2 aromatic carbocycles. The van der Waals surface area contributed by atoms with E-state index in [1.54, 1.807) is 12.1 Å². The first-order valence-corrected chi connectivity index (χ1v) is 10.9. The normalized spacial score (nSPS) is 21.8. The molecule has 1 saturated heterocycles. The molecule has 3 nitrogen and oxygen atoms in total. The molecule has 2 aliphatic rings. The first kappa shape index (κ1) is 20.1. The van der Waals surface area contributed by atoms with Crippen molar-refractivity contribution in [2.75, 3.05) is 13.1 Å². The van der Waals surface area contributed by atoms with Crippen LogP contribution in [0.15, 0.2) is 54.6 Å². The van der Waals surface area contributed by atoms with Gasteiger partial charge in [0.25, 0.3) is 0 Å². The van der Waals surface area contributed by atoms with E-state index in [-0.39, 0.29) is 23.7 Å². The monoisotopic (exact) mass is 395 g/mol. The molecular weight excluding hydrogens is 365 g/mol. The Morgan fingerprint density at radius 3 is 2.59 bits per heavy atom. The first-order valence-electron chi connectivity index (χ1n) is 10.9. The topological polar surface area (TPSA) is 29.5 Å². The van der Waals surface area contributed by atoms with E-state index in [2.05, 4.69) is 4.90 Å². The van der Waals surface area contributed by atoms with Crippen molar-refractivity contribution in [3.63, 3.8) is 0 Å². The van der Waals surface area contributed by atoms with Crippen molar-refractivity contribution in [1.82, 2.24) is 4.90 Å². The highest BCUT2D eigenvalue weighted by atomic mass is 19.1. The number of nitrogens with zero attached hydrogens (tertiary/aromatic N) is 1. The minimum atomic E-state index is -0.188. The summed E-state index contributed by atoms with van der Waals surface area (Å²) in [7, 11) is 0. The van der Waals surface area contributed by atoms with E-state index in [4.69, 9.17) is 4.74 Å². The van der Waals surface area contributed by atoms with Gasteiger partial charge in [0.15, 0.2) is 0 Å². The summed E-state index contributed by atoms with van der Waals surface area (Å²) in [5.41, 5.74) is 2.05. The summed E-state index contributed by atoms with van der Waals surface area (Å²) in [6.45, 7) is 1.98. The van der Waals surface area contributed by atoms with Crippen LogP contribution in [-0.4, -0.2) is 30.0 Å². The summed E-state index contributed by atoms with van der Waals surface area (Å²) in [6.07, 6.45) is 6.77. The third-order valence-electron chi connectivity index (χ3n) is 6.49. The fourth-order valence-corrected chi connectivity index (χ4v) is 4.98. The molecule has 0 radical (unpaired) electrons. The molecule has 4 rings (SSSR count). The number of benzene rings is 2. The van der Waals surface area contributed by atoms with Crippen molar-refractivity contribution < 1.29 is 13.9 Å². The van der Waals surface area contributed by atoms with Gasteiger partial charge in [-0.1, -0.05) is 61.7 Å². The van der Waals surface area contributed by atoms with E-state index in [0.717, 1.165) is 43.5 Å². The van der Waals surface area contributed by atoms with E-state index in [1.165, 1.54) is 25.3 Å². The second kappa shape index (κ2) is 9.53. The summed E-state index contributed by atoms with van der Waals surface area (Å²) in [5.74, 6) is 0.352. The van der Waals surface area contributed by atoms with Crippen LogP contribution in [0.4, 0.5) is 4.39 Å². The fraction of sp³-hybridized carbons (Fsp3) is 0.480. The zero-order valence-electron chi connectivity index (χ0n) is 16.9. The lowest BCUT2D eigenvalue weighted by atomic mass is 9.83. The van der Waals surface area contributed by atoms with Crippen LogP contribution in [0, 0.1) is 11.7 Å². The summed E-state index contributed by atoms with van der Waals surface area (Å²) in [6, 6.07) is 16.6. The van der Waals surface area contributed by atoms with E-state index in [1.807, 2.05) is 36.4 Å². The Morgan fingerprint density at radius 2 is 1.83 bits per heavy atom. The van der Waals surface area contributed by atoms with E-state index >= 15 is 0 Å². The number of esters is 1. The van der Waals surface area contributed by atoms with Crippen LogP contribution in [0.25, 0.3) is 0 Å². The molecule has 0 bridgehead atoms. The number of carbonyl (C=O) groups excluding carboxylic acids is 1. The third kappa shape index (κ3) is 5.05. The molecule has 1 aliphatic heterocycles. The Bertz CT molecular complexity index is 803. The standard InChI is InChI=1S/C25H30FNO2/c26-23-13-7-12-21(16-23)22-14-15-27(17-22)24(20-10-5-2-6-11-20)25(28)29-18-19-8-3-1-4-9-19/h1,3-4,7-9,12-13,16,20,22,24H,2,5-6,10-11,14-15,17-18H2/t22-,24?/m1/s1. The SMILES string of the molecule is O=C(OCc1ccccc1)C(C1CCCCC1)N1CC[C@@H](c2cccc(F)c2)C1. The molecule has 1 aliphatic carbocycles. The van der Waals surface area contributed by atoms with Gasteiger partial charge in [-0.2, -0.15) is 0 Å². The van der Waals surface area contributed by atoms with Crippen LogP contribution < -0.4 is 0 Å². The van der Waals surface area contributed by atoms with Gasteiger partial charge in [0.2, 0.25) is 0 Å². The maximum atomic E-state index is 13.7. The Morgan fingerprint density at radius 1 is 1.03 bits per heavy atom. The number of hydrogen-bond donors (Lipinski definition) is 0. The molecule has 1 saturated carbocycles. The minimum Gasteiger partial charge on any atom is -0.460 e. The molecule has 4 heteroatoms. The first-order chi connectivity index (χ1) is 14.2. The van der Waals surface area contributed by atoms with E-state index < -0.39 is 0 Å². The van der Waals surface area contributed by atoms with Crippen LogP contribution >= 0.6 is 0 Å². The second-order valence-electron chi connectivity index (χ2n) is 8.47. The zero-order valence-corrected chi connectivity index (χ0v) is 16.9. The largest absolute Gasteiger partial charge is 0.460 e. The van der Waals surface area contributed by atoms with Crippen LogP contribution in [0.1, 0.15) is 55.6 Å². The number of hydrogen-bond acceptors (Lipinski definition) is 3.